The maximum Gasteiger partial charge on any atom is 0.331 e. The summed E-state index contributed by atoms with van der Waals surface area (Å²) in [5.74, 6) is 0.702. The van der Waals surface area contributed by atoms with Gasteiger partial charge in [0.2, 0.25) is 0 Å². The molecule has 0 atom stereocenters. The van der Waals surface area contributed by atoms with Crippen molar-refractivity contribution in [3.8, 4) is 22.6 Å². The zero-order valence-electron chi connectivity index (χ0n) is 18.1. The first-order valence-corrected chi connectivity index (χ1v) is 10.1. The number of rotatable bonds is 6. The smallest absolute Gasteiger partial charge is 0.331 e. The SMILES string of the molecule is COC(=O)/C=C1\C(=O)N(Cc2ccc(OC)cc2)c2ccc(-c3ccc(OC)cc3)cc21. The van der Waals surface area contributed by atoms with Crippen molar-refractivity contribution in [2.75, 3.05) is 26.2 Å². The van der Waals surface area contributed by atoms with E-state index in [9.17, 15) is 9.59 Å². The molecule has 0 saturated heterocycles. The molecule has 0 N–H and O–H groups in total. The zero-order chi connectivity index (χ0) is 22.7. The summed E-state index contributed by atoms with van der Waals surface area (Å²) in [6.45, 7) is 0.371. The third-order valence-electron chi connectivity index (χ3n) is 5.44. The summed E-state index contributed by atoms with van der Waals surface area (Å²) in [7, 11) is 4.53. The van der Waals surface area contributed by atoms with Crippen molar-refractivity contribution >= 4 is 23.1 Å². The molecule has 1 heterocycles. The molecule has 0 aromatic heterocycles. The fourth-order valence-electron chi connectivity index (χ4n) is 3.71. The monoisotopic (exact) mass is 429 g/mol. The van der Waals surface area contributed by atoms with Crippen LogP contribution in [0, 0.1) is 0 Å². The van der Waals surface area contributed by atoms with E-state index in [-0.39, 0.29) is 5.91 Å². The second-order valence-corrected chi connectivity index (χ2v) is 7.28. The standard InChI is InChI=1S/C26H23NO5/c1-30-20-9-4-17(5-10-20)16-27-24-13-8-19(18-6-11-21(31-2)12-7-18)14-22(24)23(26(27)29)15-25(28)32-3/h4-15H,16H2,1-3H3/b23-15-. The number of amides is 1. The number of fused-ring (bicyclic) bond motifs is 1. The van der Waals surface area contributed by atoms with E-state index in [2.05, 4.69) is 0 Å². The van der Waals surface area contributed by atoms with E-state index in [0.29, 0.717) is 17.7 Å². The maximum atomic E-state index is 13.3. The predicted octanol–water partition coefficient (Wildman–Crippen LogP) is 4.47. The lowest BCUT2D eigenvalue weighted by molar-refractivity contribution is -0.135. The van der Waals surface area contributed by atoms with Crippen molar-refractivity contribution in [3.63, 3.8) is 0 Å². The van der Waals surface area contributed by atoms with Crippen LogP contribution < -0.4 is 14.4 Å². The number of benzene rings is 3. The van der Waals surface area contributed by atoms with E-state index in [1.54, 1.807) is 19.1 Å². The van der Waals surface area contributed by atoms with Crippen LogP contribution in [0.5, 0.6) is 11.5 Å². The van der Waals surface area contributed by atoms with Crippen molar-refractivity contribution in [1.82, 2.24) is 0 Å². The lowest BCUT2D eigenvalue weighted by Gasteiger charge is -2.18. The van der Waals surface area contributed by atoms with Crippen molar-refractivity contribution in [3.05, 3.63) is 83.9 Å². The van der Waals surface area contributed by atoms with Gasteiger partial charge in [-0.15, -0.1) is 0 Å². The molecule has 32 heavy (non-hydrogen) atoms. The van der Waals surface area contributed by atoms with E-state index in [1.807, 2.05) is 66.7 Å². The number of hydrogen-bond acceptors (Lipinski definition) is 5. The second kappa shape index (κ2) is 8.98. The molecule has 0 bridgehead atoms. The van der Waals surface area contributed by atoms with Crippen LogP contribution >= 0.6 is 0 Å². The Labute approximate surface area is 186 Å². The molecule has 3 aromatic rings. The normalized spacial score (nSPS) is 13.8. The van der Waals surface area contributed by atoms with Crippen molar-refractivity contribution in [1.29, 1.82) is 0 Å². The Kier molecular flexibility index (Phi) is 5.94. The molecule has 0 spiro atoms. The molecule has 0 fully saturated rings. The number of hydrogen-bond donors (Lipinski definition) is 0. The van der Waals surface area contributed by atoms with Crippen LogP contribution in [-0.4, -0.2) is 33.2 Å². The van der Waals surface area contributed by atoms with Gasteiger partial charge < -0.3 is 19.1 Å². The van der Waals surface area contributed by atoms with Crippen molar-refractivity contribution in [2.45, 2.75) is 6.54 Å². The van der Waals surface area contributed by atoms with E-state index < -0.39 is 5.97 Å². The summed E-state index contributed by atoms with van der Waals surface area (Å²) >= 11 is 0. The molecule has 0 unspecified atom stereocenters. The molecule has 1 amide bonds. The molecule has 0 aliphatic carbocycles. The number of esters is 1. The second-order valence-electron chi connectivity index (χ2n) is 7.28. The third-order valence-corrected chi connectivity index (χ3v) is 5.44. The minimum atomic E-state index is -0.569. The first-order chi connectivity index (χ1) is 15.5. The summed E-state index contributed by atoms with van der Waals surface area (Å²) in [4.78, 5) is 26.9. The lowest BCUT2D eigenvalue weighted by atomic mass is 9.99. The third kappa shape index (κ3) is 4.07. The first kappa shape index (κ1) is 21.2. The highest BCUT2D eigenvalue weighted by atomic mass is 16.5. The van der Waals surface area contributed by atoms with E-state index in [0.717, 1.165) is 33.9 Å². The Balaban J connectivity index is 1.74. The Hall–Kier alpha value is -4.06. The Morgan fingerprint density at radius 1 is 0.844 bits per heavy atom. The molecule has 0 radical (unpaired) electrons. The van der Waals surface area contributed by atoms with Crippen LogP contribution in [0.15, 0.2) is 72.8 Å². The number of carbonyl (C=O) groups is 2. The van der Waals surface area contributed by atoms with Crippen molar-refractivity contribution in [2.24, 2.45) is 0 Å². The minimum absolute atomic E-state index is 0.243. The average molecular weight is 429 g/mol. The maximum absolute atomic E-state index is 13.3. The van der Waals surface area contributed by atoms with Gasteiger partial charge in [-0.05, 0) is 53.1 Å². The van der Waals surface area contributed by atoms with Gasteiger partial charge in [0.05, 0.1) is 39.1 Å². The van der Waals surface area contributed by atoms with E-state index in [1.165, 1.54) is 13.2 Å². The molecule has 1 aliphatic rings. The summed E-state index contributed by atoms with van der Waals surface area (Å²) < 4.78 is 15.2. The highest BCUT2D eigenvalue weighted by Crippen LogP contribution is 2.40. The summed E-state index contributed by atoms with van der Waals surface area (Å²) in [6, 6.07) is 21.0. The van der Waals surface area contributed by atoms with Gasteiger partial charge in [0.1, 0.15) is 11.5 Å². The van der Waals surface area contributed by atoms with Crippen molar-refractivity contribution < 1.29 is 23.8 Å². The molecule has 6 heteroatoms. The number of nitrogens with zero attached hydrogens (tertiary/aromatic N) is 1. The summed E-state index contributed by atoms with van der Waals surface area (Å²) in [5.41, 5.74) is 4.62. The molecule has 6 nitrogen and oxygen atoms in total. The van der Waals surface area contributed by atoms with E-state index >= 15 is 0 Å². The zero-order valence-corrected chi connectivity index (χ0v) is 18.1. The highest BCUT2D eigenvalue weighted by molar-refractivity contribution is 6.34. The van der Waals surface area contributed by atoms with Gasteiger partial charge in [-0.25, -0.2) is 4.79 Å². The number of anilines is 1. The van der Waals surface area contributed by atoms with Crippen LogP contribution in [0.25, 0.3) is 16.7 Å². The quantitative estimate of drug-likeness (QED) is 0.427. The largest absolute Gasteiger partial charge is 0.497 e. The predicted molar refractivity (Wildman–Crippen MR) is 123 cm³/mol. The summed E-state index contributed by atoms with van der Waals surface area (Å²) in [6.07, 6.45) is 1.26. The van der Waals surface area contributed by atoms with Gasteiger partial charge in [0.15, 0.2) is 0 Å². The van der Waals surface area contributed by atoms with Gasteiger partial charge >= 0.3 is 5.97 Å². The Morgan fingerprint density at radius 2 is 1.44 bits per heavy atom. The molecule has 4 rings (SSSR count). The molecule has 3 aromatic carbocycles. The van der Waals surface area contributed by atoms with Crippen LogP contribution in [0.2, 0.25) is 0 Å². The number of carbonyl (C=O) groups excluding carboxylic acids is 2. The van der Waals surface area contributed by atoms with Gasteiger partial charge in [0.25, 0.3) is 5.91 Å². The van der Waals surface area contributed by atoms with E-state index in [4.69, 9.17) is 14.2 Å². The molecular weight excluding hydrogens is 406 g/mol. The minimum Gasteiger partial charge on any atom is -0.497 e. The first-order valence-electron chi connectivity index (χ1n) is 10.1. The van der Waals surface area contributed by atoms with Crippen LogP contribution in [0.4, 0.5) is 5.69 Å². The number of methoxy groups -OCH3 is 3. The summed E-state index contributed by atoms with van der Waals surface area (Å²) in [5, 5.41) is 0. The van der Waals surface area contributed by atoms with Gasteiger partial charge in [-0.2, -0.15) is 0 Å². The molecular formula is C26H23NO5. The van der Waals surface area contributed by atoms with Gasteiger partial charge in [0, 0.05) is 11.6 Å². The fourth-order valence-corrected chi connectivity index (χ4v) is 3.71. The fraction of sp³-hybridized carbons (Fsp3) is 0.154. The Morgan fingerprint density at radius 3 is 2.03 bits per heavy atom. The topological polar surface area (TPSA) is 65.1 Å². The highest BCUT2D eigenvalue weighted by Gasteiger charge is 2.33. The van der Waals surface area contributed by atoms with Gasteiger partial charge in [-0.1, -0.05) is 30.3 Å². The molecule has 0 saturated carbocycles. The molecule has 162 valence electrons. The lowest BCUT2D eigenvalue weighted by Crippen LogP contribution is -2.25. The van der Waals surface area contributed by atoms with Crippen LogP contribution in [-0.2, 0) is 20.9 Å². The number of ether oxygens (including phenoxy) is 3. The Bertz CT molecular complexity index is 1180. The van der Waals surface area contributed by atoms with Gasteiger partial charge in [-0.3, -0.25) is 4.79 Å². The average Bonchev–Trinajstić information content (AvgIpc) is 3.09. The molecule has 1 aliphatic heterocycles. The van der Waals surface area contributed by atoms with Crippen LogP contribution in [0.3, 0.4) is 0 Å². The van der Waals surface area contributed by atoms with Crippen LogP contribution in [0.1, 0.15) is 11.1 Å².